The topological polar surface area (TPSA) is 29.9 Å². The molecular formula is C10H16BrN3. The molecule has 2 heterocycles. The number of rotatable bonds is 1. The summed E-state index contributed by atoms with van der Waals surface area (Å²) in [6.45, 7) is 5.64. The lowest BCUT2D eigenvalue weighted by Crippen LogP contribution is -2.23. The third-order valence-corrected chi connectivity index (χ3v) is 3.78. The Labute approximate surface area is 93.0 Å². The number of nitrogens with zero attached hydrogens (tertiary/aromatic N) is 2. The van der Waals surface area contributed by atoms with Crippen molar-refractivity contribution < 1.29 is 0 Å². The lowest BCUT2D eigenvalue weighted by molar-refractivity contribution is 0.481. The molecule has 0 aromatic carbocycles. The van der Waals surface area contributed by atoms with Crippen LogP contribution in [0.5, 0.6) is 0 Å². The molecule has 3 unspecified atom stereocenters. The van der Waals surface area contributed by atoms with Crippen LogP contribution < -0.4 is 5.32 Å². The van der Waals surface area contributed by atoms with Crippen LogP contribution in [0.4, 0.5) is 0 Å². The van der Waals surface area contributed by atoms with E-state index in [4.69, 9.17) is 0 Å². The molecule has 1 aliphatic rings. The van der Waals surface area contributed by atoms with Crippen molar-refractivity contribution in [2.75, 3.05) is 6.54 Å². The molecule has 2 rings (SSSR count). The fourth-order valence-electron chi connectivity index (χ4n) is 2.42. The van der Waals surface area contributed by atoms with E-state index in [1.54, 1.807) is 0 Å². The average Bonchev–Trinajstić information content (AvgIpc) is 2.60. The van der Waals surface area contributed by atoms with Crippen LogP contribution in [-0.2, 0) is 7.05 Å². The number of hydrogen-bond acceptors (Lipinski definition) is 2. The zero-order chi connectivity index (χ0) is 10.3. The summed E-state index contributed by atoms with van der Waals surface area (Å²) >= 11 is 3.57. The molecule has 1 aromatic rings. The van der Waals surface area contributed by atoms with Crippen LogP contribution in [0, 0.1) is 5.92 Å². The average molecular weight is 258 g/mol. The van der Waals surface area contributed by atoms with Gasteiger partial charge in [-0.25, -0.2) is 0 Å². The van der Waals surface area contributed by atoms with Gasteiger partial charge in [0.15, 0.2) is 0 Å². The van der Waals surface area contributed by atoms with Gasteiger partial charge in [-0.2, -0.15) is 5.10 Å². The molecule has 0 spiro atoms. The lowest BCUT2D eigenvalue weighted by atomic mass is 9.90. The molecule has 0 saturated carbocycles. The van der Waals surface area contributed by atoms with Gasteiger partial charge in [-0.3, -0.25) is 4.68 Å². The Hall–Kier alpha value is -0.350. The van der Waals surface area contributed by atoms with Gasteiger partial charge in [0, 0.05) is 19.0 Å². The van der Waals surface area contributed by atoms with E-state index in [2.05, 4.69) is 40.2 Å². The van der Waals surface area contributed by atoms with Gasteiger partial charge in [0.1, 0.15) is 0 Å². The molecule has 1 aliphatic heterocycles. The van der Waals surface area contributed by atoms with E-state index in [0.717, 1.165) is 11.0 Å². The van der Waals surface area contributed by atoms with Crippen molar-refractivity contribution in [3.05, 3.63) is 16.4 Å². The van der Waals surface area contributed by atoms with E-state index >= 15 is 0 Å². The van der Waals surface area contributed by atoms with E-state index in [0.29, 0.717) is 17.9 Å². The second-order valence-electron chi connectivity index (χ2n) is 4.20. The van der Waals surface area contributed by atoms with Gasteiger partial charge in [-0.05, 0) is 35.3 Å². The maximum absolute atomic E-state index is 4.27. The monoisotopic (exact) mass is 257 g/mol. The van der Waals surface area contributed by atoms with Crippen molar-refractivity contribution in [3.63, 3.8) is 0 Å². The summed E-state index contributed by atoms with van der Waals surface area (Å²) in [6.07, 6.45) is 1.88. The molecule has 14 heavy (non-hydrogen) atoms. The zero-order valence-corrected chi connectivity index (χ0v) is 10.4. The van der Waals surface area contributed by atoms with Gasteiger partial charge in [0.25, 0.3) is 0 Å². The third-order valence-electron chi connectivity index (χ3n) is 3.17. The highest BCUT2D eigenvalue weighted by Crippen LogP contribution is 2.35. The normalized spacial score (nSPS) is 32.4. The number of aromatic nitrogens is 2. The van der Waals surface area contributed by atoms with Crippen LogP contribution in [0.1, 0.15) is 25.5 Å². The molecule has 1 saturated heterocycles. The molecule has 1 fully saturated rings. The number of aryl methyl sites for hydroxylation is 1. The Bertz CT molecular complexity index is 305. The predicted octanol–water partition coefficient (Wildman–Crippen LogP) is 1.89. The fourth-order valence-corrected chi connectivity index (χ4v) is 3.03. The Morgan fingerprint density at radius 1 is 1.57 bits per heavy atom. The molecule has 0 radical (unpaired) electrons. The van der Waals surface area contributed by atoms with Crippen LogP contribution >= 0.6 is 15.9 Å². The second kappa shape index (κ2) is 3.66. The standard InChI is InChI=1S/C10H16BrN3/c1-6-4-12-7(2)9(6)10-8(11)5-13-14(10)3/h5-7,9,12H,4H2,1-3H3. The maximum Gasteiger partial charge on any atom is 0.0635 e. The van der Waals surface area contributed by atoms with E-state index in [9.17, 15) is 0 Å². The van der Waals surface area contributed by atoms with Crippen LogP contribution in [-0.4, -0.2) is 22.4 Å². The molecule has 3 atom stereocenters. The fraction of sp³-hybridized carbons (Fsp3) is 0.700. The third kappa shape index (κ3) is 1.50. The highest BCUT2D eigenvalue weighted by molar-refractivity contribution is 9.10. The van der Waals surface area contributed by atoms with Crippen LogP contribution in [0.3, 0.4) is 0 Å². The van der Waals surface area contributed by atoms with E-state index in [1.165, 1.54) is 5.69 Å². The quantitative estimate of drug-likeness (QED) is 0.833. The number of halogens is 1. The Morgan fingerprint density at radius 3 is 2.71 bits per heavy atom. The molecular weight excluding hydrogens is 242 g/mol. The van der Waals surface area contributed by atoms with E-state index < -0.39 is 0 Å². The van der Waals surface area contributed by atoms with Crippen LogP contribution in [0.2, 0.25) is 0 Å². The first kappa shape index (κ1) is 10.2. The first-order valence-electron chi connectivity index (χ1n) is 5.02. The van der Waals surface area contributed by atoms with Crippen molar-refractivity contribution in [1.29, 1.82) is 0 Å². The molecule has 78 valence electrons. The number of hydrogen-bond donors (Lipinski definition) is 1. The van der Waals surface area contributed by atoms with Gasteiger partial charge in [0.2, 0.25) is 0 Å². The van der Waals surface area contributed by atoms with Crippen LogP contribution in [0.15, 0.2) is 10.7 Å². The molecule has 1 aromatic heterocycles. The largest absolute Gasteiger partial charge is 0.313 e. The minimum absolute atomic E-state index is 0.539. The van der Waals surface area contributed by atoms with Crippen molar-refractivity contribution in [2.24, 2.45) is 13.0 Å². The van der Waals surface area contributed by atoms with Crippen LogP contribution in [0.25, 0.3) is 0 Å². The molecule has 4 heteroatoms. The van der Waals surface area contributed by atoms with Gasteiger partial charge in [0.05, 0.1) is 16.4 Å². The molecule has 3 nitrogen and oxygen atoms in total. The van der Waals surface area contributed by atoms with Gasteiger partial charge < -0.3 is 5.32 Å². The first-order chi connectivity index (χ1) is 6.61. The molecule has 0 amide bonds. The first-order valence-corrected chi connectivity index (χ1v) is 5.81. The zero-order valence-electron chi connectivity index (χ0n) is 8.79. The Morgan fingerprint density at radius 2 is 2.29 bits per heavy atom. The van der Waals surface area contributed by atoms with Crippen molar-refractivity contribution in [1.82, 2.24) is 15.1 Å². The van der Waals surface area contributed by atoms with Crippen molar-refractivity contribution in [2.45, 2.75) is 25.8 Å². The number of nitrogens with one attached hydrogen (secondary N) is 1. The van der Waals surface area contributed by atoms with E-state index in [-0.39, 0.29) is 0 Å². The highest BCUT2D eigenvalue weighted by atomic mass is 79.9. The van der Waals surface area contributed by atoms with Gasteiger partial charge in [-0.1, -0.05) is 6.92 Å². The summed E-state index contributed by atoms with van der Waals surface area (Å²) in [5.41, 5.74) is 1.31. The highest BCUT2D eigenvalue weighted by Gasteiger charge is 2.34. The summed E-state index contributed by atoms with van der Waals surface area (Å²) < 4.78 is 3.11. The van der Waals surface area contributed by atoms with E-state index in [1.807, 2.05) is 17.9 Å². The Balaban J connectivity index is 2.38. The minimum atomic E-state index is 0.539. The molecule has 0 aliphatic carbocycles. The van der Waals surface area contributed by atoms with Gasteiger partial charge in [-0.15, -0.1) is 0 Å². The summed E-state index contributed by atoms with van der Waals surface area (Å²) in [4.78, 5) is 0. The SMILES string of the molecule is CC1CNC(C)C1c1c(Br)cnn1C. The minimum Gasteiger partial charge on any atom is -0.313 e. The maximum atomic E-state index is 4.27. The summed E-state index contributed by atoms with van der Waals surface area (Å²) in [6, 6.07) is 0.539. The summed E-state index contributed by atoms with van der Waals surface area (Å²) in [5.74, 6) is 1.24. The molecule has 1 N–H and O–H groups in total. The Kier molecular flexibility index (Phi) is 2.66. The summed E-state index contributed by atoms with van der Waals surface area (Å²) in [5, 5.41) is 7.77. The second-order valence-corrected chi connectivity index (χ2v) is 5.06. The lowest BCUT2D eigenvalue weighted by Gasteiger charge is -2.19. The van der Waals surface area contributed by atoms with Crippen molar-refractivity contribution >= 4 is 15.9 Å². The predicted molar refractivity (Wildman–Crippen MR) is 60.3 cm³/mol. The summed E-state index contributed by atoms with van der Waals surface area (Å²) in [7, 11) is 2.01. The van der Waals surface area contributed by atoms with Crippen molar-refractivity contribution in [3.8, 4) is 0 Å². The molecule has 0 bridgehead atoms. The smallest absolute Gasteiger partial charge is 0.0635 e. The van der Waals surface area contributed by atoms with Gasteiger partial charge >= 0.3 is 0 Å².